The van der Waals surface area contributed by atoms with Gasteiger partial charge in [0.05, 0.1) is 44.9 Å². The maximum Gasteiger partial charge on any atom is 0.243 e. The Kier molecular flexibility index (Phi) is 6.62. The van der Waals surface area contributed by atoms with Crippen molar-refractivity contribution in [1.82, 2.24) is 13.9 Å². The molecular formula is C20H21Cl2N3O3S2. The number of halogens is 2. The van der Waals surface area contributed by atoms with Gasteiger partial charge in [0.2, 0.25) is 10.0 Å². The number of aromatic nitrogens is 2. The van der Waals surface area contributed by atoms with Crippen LogP contribution >= 0.6 is 35.0 Å². The van der Waals surface area contributed by atoms with Gasteiger partial charge in [0.1, 0.15) is 5.82 Å². The maximum absolute atomic E-state index is 13.0. The normalized spacial score (nSPS) is 15.7. The molecule has 0 amide bonds. The SMILES string of the molecule is CCn1c(CSc2c(Cl)cccc2Cl)nc2cc(S(=O)(=O)N3CCOCC3)ccc21. The molecule has 1 fully saturated rings. The average molecular weight is 486 g/mol. The number of thioether (sulfide) groups is 1. The van der Waals surface area contributed by atoms with E-state index in [1.165, 1.54) is 16.1 Å². The van der Waals surface area contributed by atoms with Crippen molar-refractivity contribution in [2.45, 2.75) is 29.0 Å². The summed E-state index contributed by atoms with van der Waals surface area (Å²) in [5.74, 6) is 1.41. The van der Waals surface area contributed by atoms with Crippen LogP contribution in [-0.4, -0.2) is 48.6 Å². The van der Waals surface area contributed by atoms with Gasteiger partial charge in [-0.15, -0.1) is 11.8 Å². The summed E-state index contributed by atoms with van der Waals surface area (Å²) in [7, 11) is -3.57. The number of benzene rings is 2. The van der Waals surface area contributed by atoms with Crippen molar-refractivity contribution in [3.63, 3.8) is 0 Å². The summed E-state index contributed by atoms with van der Waals surface area (Å²) in [5.41, 5.74) is 1.56. The molecule has 1 aliphatic heterocycles. The molecular weight excluding hydrogens is 465 g/mol. The van der Waals surface area contributed by atoms with E-state index in [0.29, 0.717) is 47.6 Å². The number of hydrogen-bond donors (Lipinski definition) is 0. The van der Waals surface area contributed by atoms with Gasteiger partial charge in [0.15, 0.2) is 0 Å². The average Bonchev–Trinajstić information content (AvgIpc) is 3.10. The highest BCUT2D eigenvalue weighted by atomic mass is 35.5. The van der Waals surface area contributed by atoms with Gasteiger partial charge in [-0.05, 0) is 37.3 Å². The predicted molar refractivity (Wildman–Crippen MR) is 121 cm³/mol. The minimum Gasteiger partial charge on any atom is -0.379 e. The number of morpholine rings is 1. The van der Waals surface area contributed by atoms with Gasteiger partial charge in [0, 0.05) is 24.5 Å². The molecule has 10 heteroatoms. The van der Waals surface area contributed by atoms with Crippen LogP contribution in [0.5, 0.6) is 0 Å². The number of nitrogens with zero attached hydrogens (tertiary/aromatic N) is 3. The molecule has 0 N–H and O–H groups in total. The van der Waals surface area contributed by atoms with Crippen molar-refractivity contribution in [3.8, 4) is 0 Å². The van der Waals surface area contributed by atoms with Crippen molar-refractivity contribution in [1.29, 1.82) is 0 Å². The molecule has 2 heterocycles. The van der Waals surface area contributed by atoms with E-state index < -0.39 is 10.0 Å². The minimum absolute atomic E-state index is 0.256. The zero-order valence-electron chi connectivity index (χ0n) is 16.3. The van der Waals surface area contributed by atoms with E-state index in [9.17, 15) is 8.42 Å². The molecule has 1 saturated heterocycles. The lowest BCUT2D eigenvalue weighted by molar-refractivity contribution is 0.0730. The van der Waals surface area contributed by atoms with Crippen molar-refractivity contribution in [2.75, 3.05) is 26.3 Å². The van der Waals surface area contributed by atoms with Crippen molar-refractivity contribution in [3.05, 3.63) is 52.3 Å². The zero-order valence-corrected chi connectivity index (χ0v) is 19.5. The Morgan fingerprint density at radius 1 is 1.13 bits per heavy atom. The van der Waals surface area contributed by atoms with Crippen molar-refractivity contribution in [2.24, 2.45) is 0 Å². The lowest BCUT2D eigenvalue weighted by Gasteiger charge is -2.26. The van der Waals surface area contributed by atoms with Gasteiger partial charge in [-0.2, -0.15) is 4.31 Å². The number of hydrogen-bond acceptors (Lipinski definition) is 5. The largest absolute Gasteiger partial charge is 0.379 e. The van der Waals surface area contributed by atoms with Crippen LogP contribution in [0.4, 0.5) is 0 Å². The second-order valence-electron chi connectivity index (χ2n) is 6.78. The Bertz CT molecular complexity index is 1160. The standard InChI is InChI=1S/C20H21Cl2N3O3S2/c1-2-25-18-7-6-14(30(26,27)24-8-10-28-11-9-24)12-17(18)23-19(25)13-29-20-15(21)4-3-5-16(20)22/h3-7,12H,2,8-11,13H2,1H3. The van der Waals surface area contributed by atoms with Crippen LogP contribution in [0, 0.1) is 0 Å². The van der Waals surface area contributed by atoms with Crippen LogP contribution in [0.1, 0.15) is 12.7 Å². The van der Waals surface area contributed by atoms with E-state index in [1.54, 1.807) is 24.3 Å². The molecule has 0 unspecified atom stereocenters. The van der Waals surface area contributed by atoms with Crippen LogP contribution in [0.3, 0.4) is 0 Å². The molecule has 0 spiro atoms. The molecule has 0 saturated carbocycles. The second-order valence-corrected chi connectivity index (χ2v) is 10.5. The molecule has 0 aliphatic carbocycles. The van der Waals surface area contributed by atoms with E-state index in [2.05, 4.69) is 4.57 Å². The van der Waals surface area contributed by atoms with Crippen LogP contribution in [0.2, 0.25) is 10.0 Å². The first-order chi connectivity index (χ1) is 14.4. The first kappa shape index (κ1) is 21.9. The molecule has 2 aromatic carbocycles. The van der Waals surface area contributed by atoms with Crippen LogP contribution in [0.25, 0.3) is 11.0 Å². The summed E-state index contributed by atoms with van der Waals surface area (Å²) in [6.45, 7) is 4.32. The van der Waals surface area contributed by atoms with Crippen molar-refractivity contribution < 1.29 is 13.2 Å². The fourth-order valence-electron chi connectivity index (χ4n) is 3.48. The molecule has 30 heavy (non-hydrogen) atoms. The monoisotopic (exact) mass is 485 g/mol. The van der Waals surface area contributed by atoms with E-state index in [4.69, 9.17) is 32.9 Å². The molecule has 6 nitrogen and oxygen atoms in total. The number of imidazole rings is 1. The Hall–Kier alpha value is -1.29. The second kappa shape index (κ2) is 9.06. The number of aryl methyl sites for hydroxylation is 1. The van der Waals surface area contributed by atoms with E-state index in [0.717, 1.165) is 22.8 Å². The highest BCUT2D eigenvalue weighted by Gasteiger charge is 2.27. The number of rotatable bonds is 6. The minimum atomic E-state index is -3.57. The van der Waals surface area contributed by atoms with Gasteiger partial charge in [-0.25, -0.2) is 13.4 Å². The molecule has 3 aromatic rings. The van der Waals surface area contributed by atoms with E-state index >= 15 is 0 Å². The van der Waals surface area contributed by atoms with Gasteiger partial charge in [-0.1, -0.05) is 29.3 Å². The Morgan fingerprint density at radius 2 is 1.83 bits per heavy atom. The van der Waals surface area contributed by atoms with E-state index in [1.807, 2.05) is 19.1 Å². The molecule has 1 aliphatic rings. The molecule has 0 bridgehead atoms. The molecule has 0 atom stereocenters. The summed E-state index contributed by atoms with van der Waals surface area (Å²) in [6.07, 6.45) is 0. The lowest BCUT2D eigenvalue weighted by Crippen LogP contribution is -2.40. The zero-order chi connectivity index (χ0) is 21.3. The van der Waals surface area contributed by atoms with Gasteiger partial charge < -0.3 is 9.30 Å². The van der Waals surface area contributed by atoms with Gasteiger partial charge in [0.25, 0.3) is 0 Å². The highest BCUT2D eigenvalue weighted by Crippen LogP contribution is 2.36. The maximum atomic E-state index is 13.0. The summed E-state index contributed by atoms with van der Waals surface area (Å²) in [4.78, 5) is 5.79. The predicted octanol–water partition coefficient (Wildman–Crippen LogP) is 4.68. The number of fused-ring (bicyclic) bond motifs is 1. The third kappa shape index (κ3) is 4.22. The first-order valence-corrected chi connectivity index (χ1v) is 12.7. The van der Waals surface area contributed by atoms with Crippen molar-refractivity contribution >= 4 is 56.0 Å². The Balaban J connectivity index is 1.65. The molecule has 1 aromatic heterocycles. The first-order valence-electron chi connectivity index (χ1n) is 9.55. The Labute approximate surface area is 190 Å². The Morgan fingerprint density at radius 3 is 2.50 bits per heavy atom. The third-order valence-corrected chi connectivity index (χ3v) is 8.87. The fraction of sp³-hybridized carbons (Fsp3) is 0.350. The number of ether oxygens (including phenoxy) is 1. The third-order valence-electron chi connectivity index (χ3n) is 4.99. The van der Waals surface area contributed by atoms with Gasteiger partial charge in [-0.3, -0.25) is 0 Å². The summed E-state index contributed by atoms with van der Waals surface area (Å²) in [5, 5.41) is 1.20. The summed E-state index contributed by atoms with van der Waals surface area (Å²) >= 11 is 14.1. The summed E-state index contributed by atoms with van der Waals surface area (Å²) in [6, 6.07) is 10.6. The topological polar surface area (TPSA) is 64.4 Å². The number of sulfonamides is 1. The highest BCUT2D eigenvalue weighted by molar-refractivity contribution is 7.98. The fourth-order valence-corrected chi connectivity index (χ4v) is 6.54. The summed E-state index contributed by atoms with van der Waals surface area (Å²) < 4.78 is 34.8. The van der Waals surface area contributed by atoms with Crippen LogP contribution in [-0.2, 0) is 27.1 Å². The van der Waals surface area contributed by atoms with Gasteiger partial charge >= 0.3 is 0 Å². The van der Waals surface area contributed by atoms with Crippen LogP contribution < -0.4 is 0 Å². The van der Waals surface area contributed by atoms with E-state index in [-0.39, 0.29) is 4.90 Å². The quantitative estimate of drug-likeness (QED) is 0.474. The van der Waals surface area contributed by atoms with Crippen LogP contribution in [0.15, 0.2) is 46.2 Å². The molecule has 0 radical (unpaired) electrons. The molecule has 160 valence electrons. The lowest BCUT2D eigenvalue weighted by atomic mass is 10.3. The smallest absolute Gasteiger partial charge is 0.243 e. The molecule has 4 rings (SSSR count).